The second-order valence-corrected chi connectivity index (χ2v) is 4.55. The first-order chi connectivity index (χ1) is 7.55. The molecule has 0 aliphatic rings. The van der Waals surface area contributed by atoms with Crippen molar-refractivity contribution in [2.24, 2.45) is 5.41 Å². The normalized spacial score (nSPS) is 11.1. The third kappa shape index (κ3) is 3.92. The van der Waals surface area contributed by atoms with Crippen molar-refractivity contribution in [2.45, 2.75) is 26.8 Å². The summed E-state index contributed by atoms with van der Waals surface area (Å²) in [5, 5.41) is 21.6. The van der Waals surface area contributed by atoms with E-state index in [2.05, 4.69) is 11.4 Å². The van der Waals surface area contributed by atoms with Crippen molar-refractivity contribution >= 4 is 0 Å². The van der Waals surface area contributed by atoms with Gasteiger partial charge in [-0.2, -0.15) is 5.26 Å². The molecule has 1 aromatic rings. The Kier molecular flexibility index (Phi) is 4.33. The molecule has 0 radical (unpaired) electrons. The molecule has 0 amide bonds. The van der Waals surface area contributed by atoms with E-state index >= 15 is 0 Å². The predicted octanol–water partition coefficient (Wildman–Crippen LogP) is 2.42. The highest BCUT2D eigenvalue weighted by Crippen LogP contribution is 2.18. The first-order valence-corrected chi connectivity index (χ1v) is 5.44. The Morgan fingerprint density at radius 2 is 2.06 bits per heavy atom. The number of aromatic hydroxyl groups is 1. The first-order valence-electron chi connectivity index (χ1n) is 5.44. The zero-order valence-electron chi connectivity index (χ0n) is 9.83. The highest BCUT2D eigenvalue weighted by atomic mass is 16.3. The van der Waals surface area contributed by atoms with Crippen LogP contribution >= 0.6 is 0 Å². The molecule has 0 saturated carbocycles. The highest BCUT2D eigenvalue weighted by Gasteiger charge is 2.15. The minimum atomic E-state index is -0.286. The Morgan fingerprint density at radius 3 is 2.69 bits per heavy atom. The number of hydrogen-bond acceptors (Lipinski definition) is 3. The fourth-order valence-corrected chi connectivity index (χ4v) is 1.34. The third-order valence-corrected chi connectivity index (χ3v) is 2.54. The van der Waals surface area contributed by atoms with Crippen LogP contribution in [-0.4, -0.2) is 11.7 Å². The Balaban J connectivity index is 2.33. The number of nitrogens with one attached hydrogen (secondary N) is 1. The van der Waals surface area contributed by atoms with Crippen LogP contribution in [0.4, 0.5) is 0 Å². The van der Waals surface area contributed by atoms with Crippen molar-refractivity contribution in [3.63, 3.8) is 0 Å². The van der Waals surface area contributed by atoms with Crippen LogP contribution in [0.5, 0.6) is 5.75 Å². The van der Waals surface area contributed by atoms with E-state index in [1.54, 1.807) is 12.1 Å². The molecule has 0 aliphatic carbocycles. The standard InChI is InChI=1S/C13H18N2O/c1-13(2,10-14)7-8-15-9-11-5-3-4-6-12(11)16/h3-6,15-16H,7-9H2,1-2H3. The van der Waals surface area contributed by atoms with Crippen molar-refractivity contribution < 1.29 is 5.11 Å². The van der Waals surface area contributed by atoms with Crippen LogP contribution in [0.1, 0.15) is 25.8 Å². The van der Waals surface area contributed by atoms with Gasteiger partial charge in [-0.1, -0.05) is 18.2 Å². The summed E-state index contributed by atoms with van der Waals surface area (Å²) in [5.74, 6) is 0.314. The lowest BCUT2D eigenvalue weighted by atomic mass is 9.91. The first kappa shape index (κ1) is 12.5. The summed E-state index contributed by atoms with van der Waals surface area (Å²) < 4.78 is 0. The highest BCUT2D eigenvalue weighted by molar-refractivity contribution is 5.31. The van der Waals surface area contributed by atoms with Gasteiger partial charge < -0.3 is 10.4 Å². The van der Waals surface area contributed by atoms with E-state index < -0.39 is 0 Å². The summed E-state index contributed by atoms with van der Waals surface area (Å²) in [6, 6.07) is 9.53. The summed E-state index contributed by atoms with van der Waals surface area (Å²) in [5.41, 5.74) is 0.600. The number of nitriles is 1. The summed E-state index contributed by atoms with van der Waals surface area (Å²) in [6.07, 6.45) is 0.803. The number of nitrogens with zero attached hydrogens (tertiary/aromatic N) is 1. The van der Waals surface area contributed by atoms with E-state index in [-0.39, 0.29) is 5.41 Å². The summed E-state index contributed by atoms with van der Waals surface area (Å²) in [7, 11) is 0. The van der Waals surface area contributed by atoms with Crippen LogP contribution < -0.4 is 5.32 Å². The van der Waals surface area contributed by atoms with E-state index in [4.69, 9.17) is 5.26 Å². The molecule has 2 N–H and O–H groups in total. The van der Waals surface area contributed by atoms with Gasteiger partial charge in [-0.25, -0.2) is 0 Å². The van der Waals surface area contributed by atoms with Crippen molar-refractivity contribution in [2.75, 3.05) is 6.54 Å². The molecule has 0 aromatic heterocycles. The number of hydrogen-bond donors (Lipinski definition) is 2. The maximum atomic E-state index is 9.52. The molecule has 16 heavy (non-hydrogen) atoms. The van der Waals surface area contributed by atoms with E-state index in [1.807, 2.05) is 26.0 Å². The molecule has 3 nitrogen and oxygen atoms in total. The molecule has 3 heteroatoms. The summed E-state index contributed by atoms with van der Waals surface area (Å²) in [4.78, 5) is 0. The van der Waals surface area contributed by atoms with Gasteiger partial charge in [-0.15, -0.1) is 0 Å². The van der Waals surface area contributed by atoms with Gasteiger partial charge in [0.05, 0.1) is 11.5 Å². The Hall–Kier alpha value is -1.53. The number of benzene rings is 1. The SMILES string of the molecule is CC(C)(C#N)CCNCc1ccccc1O. The van der Waals surface area contributed by atoms with Gasteiger partial charge in [0.2, 0.25) is 0 Å². The van der Waals surface area contributed by atoms with E-state index in [1.165, 1.54) is 0 Å². The van der Waals surface area contributed by atoms with E-state index in [0.29, 0.717) is 12.3 Å². The molecule has 1 rings (SSSR count). The topological polar surface area (TPSA) is 56.0 Å². The van der Waals surface area contributed by atoms with Gasteiger partial charge >= 0.3 is 0 Å². The number of rotatable bonds is 5. The second kappa shape index (κ2) is 5.53. The van der Waals surface area contributed by atoms with Crippen LogP contribution in [-0.2, 0) is 6.54 Å². The monoisotopic (exact) mass is 218 g/mol. The Labute approximate surface area is 96.7 Å². The van der Waals surface area contributed by atoms with Gasteiger partial charge in [0.25, 0.3) is 0 Å². The van der Waals surface area contributed by atoms with Gasteiger partial charge in [0.15, 0.2) is 0 Å². The molecule has 0 spiro atoms. The predicted molar refractivity (Wildman–Crippen MR) is 63.8 cm³/mol. The molecule has 1 aromatic carbocycles. The lowest BCUT2D eigenvalue weighted by Gasteiger charge is -2.15. The van der Waals surface area contributed by atoms with E-state index in [0.717, 1.165) is 18.5 Å². The molecule has 0 fully saturated rings. The van der Waals surface area contributed by atoms with Crippen molar-refractivity contribution in [3.8, 4) is 11.8 Å². The molecular weight excluding hydrogens is 200 g/mol. The van der Waals surface area contributed by atoms with Crippen LogP contribution in [0.3, 0.4) is 0 Å². The number of phenolic OH excluding ortho intramolecular Hbond substituents is 1. The zero-order chi connectivity index (χ0) is 12.0. The molecule has 0 unspecified atom stereocenters. The minimum absolute atomic E-state index is 0.286. The number of para-hydroxylation sites is 1. The van der Waals surface area contributed by atoms with Crippen molar-refractivity contribution in [1.82, 2.24) is 5.32 Å². The Morgan fingerprint density at radius 1 is 1.38 bits per heavy atom. The fraction of sp³-hybridized carbons (Fsp3) is 0.462. The molecule has 0 saturated heterocycles. The van der Waals surface area contributed by atoms with Crippen LogP contribution in [0.25, 0.3) is 0 Å². The van der Waals surface area contributed by atoms with Gasteiger partial charge in [-0.3, -0.25) is 0 Å². The molecule has 0 aliphatic heterocycles. The van der Waals surface area contributed by atoms with Gasteiger partial charge in [-0.05, 0) is 32.9 Å². The average molecular weight is 218 g/mol. The van der Waals surface area contributed by atoms with Crippen LogP contribution in [0.2, 0.25) is 0 Å². The maximum Gasteiger partial charge on any atom is 0.120 e. The molecule has 0 bridgehead atoms. The van der Waals surface area contributed by atoms with Crippen molar-refractivity contribution in [3.05, 3.63) is 29.8 Å². The van der Waals surface area contributed by atoms with Gasteiger partial charge in [0.1, 0.15) is 5.75 Å². The summed E-state index contributed by atoms with van der Waals surface area (Å²) >= 11 is 0. The quantitative estimate of drug-likeness (QED) is 0.746. The molecule has 0 atom stereocenters. The average Bonchev–Trinajstić information content (AvgIpc) is 2.27. The lowest BCUT2D eigenvalue weighted by Crippen LogP contribution is -2.21. The largest absolute Gasteiger partial charge is 0.508 e. The maximum absolute atomic E-state index is 9.52. The number of phenols is 1. The van der Waals surface area contributed by atoms with Gasteiger partial charge in [0, 0.05) is 12.1 Å². The Bertz CT molecular complexity index is 380. The van der Waals surface area contributed by atoms with Crippen molar-refractivity contribution in [1.29, 1.82) is 5.26 Å². The van der Waals surface area contributed by atoms with Crippen LogP contribution in [0.15, 0.2) is 24.3 Å². The minimum Gasteiger partial charge on any atom is -0.508 e. The smallest absolute Gasteiger partial charge is 0.120 e. The fourth-order valence-electron chi connectivity index (χ4n) is 1.34. The second-order valence-electron chi connectivity index (χ2n) is 4.55. The molecule has 0 heterocycles. The molecule has 86 valence electrons. The van der Waals surface area contributed by atoms with Crippen LogP contribution in [0, 0.1) is 16.7 Å². The zero-order valence-corrected chi connectivity index (χ0v) is 9.83. The lowest BCUT2D eigenvalue weighted by molar-refractivity contribution is 0.427. The van der Waals surface area contributed by atoms with E-state index in [9.17, 15) is 5.11 Å². The third-order valence-electron chi connectivity index (χ3n) is 2.54. The molecular formula is C13H18N2O. The summed E-state index contributed by atoms with van der Waals surface area (Å²) in [6.45, 7) is 5.26.